The SMILES string of the molecule is CCc1ccc(CN2C[C@H]3CCCN3C(=O)[C@@H]2C)s1. The van der Waals surface area contributed by atoms with Crippen molar-refractivity contribution < 1.29 is 4.79 Å². The van der Waals surface area contributed by atoms with Crippen molar-refractivity contribution in [2.45, 2.75) is 51.7 Å². The molecule has 19 heavy (non-hydrogen) atoms. The molecule has 0 radical (unpaired) electrons. The van der Waals surface area contributed by atoms with E-state index in [0.29, 0.717) is 11.9 Å². The highest BCUT2D eigenvalue weighted by Gasteiger charge is 2.40. The molecule has 0 spiro atoms. The van der Waals surface area contributed by atoms with E-state index in [-0.39, 0.29) is 6.04 Å². The van der Waals surface area contributed by atoms with Crippen LogP contribution < -0.4 is 0 Å². The number of hydrogen-bond donors (Lipinski definition) is 0. The number of rotatable bonds is 3. The summed E-state index contributed by atoms with van der Waals surface area (Å²) in [6.07, 6.45) is 3.46. The third kappa shape index (κ3) is 2.43. The number of aryl methyl sites for hydroxylation is 1. The summed E-state index contributed by atoms with van der Waals surface area (Å²) in [5, 5.41) is 0. The van der Waals surface area contributed by atoms with E-state index < -0.39 is 0 Å². The van der Waals surface area contributed by atoms with Crippen molar-refractivity contribution in [1.29, 1.82) is 0 Å². The van der Waals surface area contributed by atoms with Crippen LogP contribution in [0.4, 0.5) is 0 Å². The van der Waals surface area contributed by atoms with E-state index in [4.69, 9.17) is 0 Å². The molecule has 2 saturated heterocycles. The van der Waals surface area contributed by atoms with Crippen LogP contribution in [0.15, 0.2) is 12.1 Å². The van der Waals surface area contributed by atoms with Gasteiger partial charge in [0.15, 0.2) is 0 Å². The molecule has 0 bridgehead atoms. The number of thiophene rings is 1. The largest absolute Gasteiger partial charge is 0.337 e. The number of piperazine rings is 1. The van der Waals surface area contributed by atoms with Gasteiger partial charge in [-0.05, 0) is 38.3 Å². The zero-order valence-electron chi connectivity index (χ0n) is 11.8. The smallest absolute Gasteiger partial charge is 0.239 e. The van der Waals surface area contributed by atoms with Crippen molar-refractivity contribution in [2.75, 3.05) is 13.1 Å². The van der Waals surface area contributed by atoms with Crippen LogP contribution in [0.5, 0.6) is 0 Å². The lowest BCUT2D eigenvalue weighted by Crippen LogP contribution is -2.58. The highest BCUT2D eigenvalue weighted by Crippen LogP contribution is 2.28. The second-order valence-electron chi connectivity index (χ2n) is 5.65. The topological polar surface area (TPSA) is 23.6 Å². The van der Waals surface area contributed by atoms with Gasteiger partial charge in [-0.1, -0.05) is 6.92 Å². The Balaban J connectivity index is 1.71. The Kier molecular flexibility index (Phi) is 3.63. The number of fused-ring (bicyclic) bond motifs is 1. The molecule has 0 aliphatic carbocycles. The predicted octanol–water partition coefficient (Wildman–Crippen LogP) is 2.51. The molecule has 2 atom stereocenters. The standard InChI is InChI=1S/C15H22N2OS/c1-3-13-6-7-14(19-13)10-16-9-12-5-4-8-17(12)15(18)11(16)2/h6-7,11-12H,3-5,8-10H2,1-2H3/t11-,12+/m0/s1. The second-order valence-corrected chi connectivity index (χ2v) is 6.91. The van der Waals surface area contributed by atoms with Gasteiger partial charge < -0.3 is 4.90 Å². The van der Waals surface area contributed by atoms with Crippen molar-refractivity contribution in [2.24, 2.45) is 0 Å². The summed E-state index contributed by atoms with van der Waals surface area (Å²) < 4.78 is 0. The van der Waals surface area contributed by atoms with Crippen molar-refractivity contribution in [3.8, 4) is 0 Å². The third-order valence-electron chi connectivity index (χ3n) is 4.44. The van der Waals surface area contributed by atoms with Crippen molar-refractivity contribution in [1.82, 2.24) is 9.80 Å². The molecule has 3 rings (SSSR count). The van der Waals surface area contributed by atoms with Gasteiger partial charge in [0, 0.05) is 35.4 Å². The van der Waals surface area contributed by atoms with E-state index in [2.05, 4.69) is 35.8 Å². The van der Waals surface area contributed by atoms with Crippen LogP contribution in [0, 0.1) is 0 Å². The minimum absolute atomic E-state index is 0.0431. The van der Waals surface area contributed by atoms with Crippen LogP contribution >= 0.6 is 11.3 Å². The molecule has 104 valence electrons. The highest BCUT2D eigenvalue weighted by atomic mass is 32.1. The first-order valence-corrected chi connectivity index (χ1v) is 8.12. The van der Waals surface area contributed by atoms with Crippen LogP contribution in [0.3, 0.4) is 0 Å². The molecule has 0 unspecified atom stereocenters. The van der Waals surface area contributed by atoms with Crippen LogP contribution in [0.25, 0.3) is 0 Å². The Bertz CT molecular complexity index is 470. The molecule has 2 aliphatic heterocycles. The lowest BCUT2D eigenvalue weighted by atomic mass is 10.1. The summed E-state index contributed by atoms with van der Waals surface area (Å²) in [4.78, 5) is 19.7. The quantitative estimate of drug-likeness (QED) is 0.848. The molecule has 1 amide bonds. The van der Waals surface area contributed by atoms with Gasteiger partial charge in [0.1, 0.15) is 0 Å². The summed E-state index contributed by atoms with van der Waals surface area (Å²) in [6, 6.07) is 4.95. The molecular weight excluding hydrogens is 256 g/mol. The maximum Gasteiger partial charge on any atom is 0.239 e. The van der Waals surface area contributed by atoms with E-state index >= 15 is 0 Å². The summed E-state index contributed by atoms with van der Waals surface area (Å²) in [5.74, 6) is 0.334. The zero-order chi connectivity index (χ0) is 13.4. The first kappa shape index (κ1) is 13.1. The number of carbonyl (C=O) groups is 1. The normalized spacial score (nSPS) is 27.9. The molecule has 0 N–H and O–H groups in total. The summed E-state index contributed by atoms with van der Waals surface area (Å²) >= 11 is 1.89. The lowest BCUT2D eigenvalue weighted by Gasteiger charge is -2.41. The Morgan fingerprint density at radius 1 is 1.37 bits per heavy atom. The van der Waals surface area contributed by atoms with E-state index in [1.807, 2.05) is 11.3 Å². The van der Waals surface area contributed by atoms with E-state index in [9.17, 15) is 4.79 Å². The molecule has 2 aliphatic rings. The number of amides is 1. The highest BCUT2D eigenvalue weighted by molar-refractivity contribution is 7.11. The fraction of sp³-hybridized carbons (Fsp3) is 0.667. The Morgan fingerprint density at radius 2 is 2.16 bits per heavy atom. The first-order chi connectivity index (χ1) is 9.19. The number of hydrogen-bond acceptors (Lipinski definition) is 3. The van der Waals surface area contributed by atoms with Crippen LogP contribution in [-0.2, 0) is 17.8 Å². The summed E-state index contributed by atoms with van der Waals surface area (Å²) in [6.45, 7) is 7.21. The number of nitrogens with zero attached hydrogens (tertiary/aromatic N) is 2. The van der Waals surface area contributed by atoms with Gasteiger partial charge in [-0.15, -0.1) is 11.3 Å². The van der Waals surface area contributed by atoms with Gasteiger partial charge in [0.25, 0.3) is 0 Å². The van der Waals surface area contributed by atoms with E-state index in [1.165, 1.54) is 22.6 Å². The number of carbonyl (C=O) groups excluding carboxylic acids is 1. The van der Waals surface area contributed by atoms with Crippen molar-refractivity contribution >= 4 is 17.2 Å². The molecule has 0 saturated carbocycles. The van der Waals surface area contributed by atoms with Gasteiger partial charge >= 0.3 is 0 Å². The van der Waals surface area contributed by atoms with Gasteiger partial charge in [0.2, 0.25) is 5.91 Å². The molecule has 3 nitrogen and oxygen atoms in total. The van der Waals surface area contributed by atoms with E-state index in [0.717, 1.165) is 26.1 Å². The Labute approximate surface area is 119 Å². The predicted molar refractivity (Wildman–Crippen MR) is 78.3 cm³/mol. The van der Waals surface area contributed by atoms with Gasteiger partial charge in [-0.3, -0.25) is 9.69 Å². The molecule has 1 aromatic heterocycles. The Hall–Kier alpha value is -0.870. The monoisotopic (exact) mass is 278 g/mol. The zero-order valence-corrected chi connectivity index (χ0v) is 12.6. The van der Waals surface area contributed by atoms with Gasteiger partial charge in [0.05, 0.1) is 6.04 Å². The lowest BCUT2D eigenvalue weighted by molar-refractivity contribution is -0.143. The van der Waals surface area contributed by atoms with Gasteiger partial charge in [-0.25, -0.2) is 0 Å². The molecule has 3 heterocycles. The summed E-state index contributed by atoms with van der Waals surface area (Å²) in [5.41, 5.74) is 0. The van der Waals surface area contributed by atoms with Crippen LogP contribution in [0.2, 0.25) is 0 Å². The van der Waals surface area contributed by atoms with Crippen molar-refractivity contribution in [3.05, 3.63) is 21.9 Å². The van der Waals surface area contributed by atoms with Crippen LogP contribution in [0.1, 0.15) is 36.4 Å². The fourth-order valence-electron chi connectivity index (χ4n) is 3.24. The van der Waals surface area contributed by atoms with Crippen molar-refractivity contribution in [3.63, 3.8) is 0 Å². The maximum absolute atomic E-state index is 12.4. The third-order valence-corrected chi connectivity index (χ3v) is 5.65. The molecule has 1 aromatic rings. The first-order valence-electron chi connectivity index (χ1n) is 7.31. The maximum atomic E-state index is 12.4. The van der Waals surface area contributed by atoms with E-state index in [1.54, 1.807) is 0 Å². The molecule has 2 fully saturated rings. The average Bonchev–Trinajstić information content (AvgIpc) is 3.04. The van der Waals surface area contributed by atoms with Gasteiger partial charge in [-0.2, -0.15) is 0 Å². The molecule has 4 heteroatoms. The Morgan fingerprint density at radius 3 is 2.89 bits per heavy atom. The summed E-state index contributed by atoms with van der Waals surface area (Å²) in [7, 11) is 0. The average molecular weight is 278 g/mol. The fourth-order valence-corrected chi connectivity index (χ4v) is 4.22. The minimum atomic E-state index is 0.0431. The second kappa shape index (κ2) is 5.25. The molecule has 0 aromatic carbocycles. The minimum Gasteiger partial charge on any atom is -0.337 e. The van der Waals surface area contributed by atoms with Crippen LogP contribution in [-0.4, -0.2) is 40.9 Å². The molecular formula is C15H22N2OS.